The Morgan fingerprint density at radius 1 is 1.38 bits per heavy atom. The van der Waals surface area contributed by atoms with Gasteiger partial charge in [0, 0.05) is 23.9 Å². The summed E-state index contributed by atoms with van der Waals surface area (Å²) in [6.45, 7) is 1.39. The summed E-state index contributed by atoms with van der Waals surface area (Å²) in [6, 6.07) is 3.27. The van der Waals surface area contributed by atoms with Crippen LogP contribution in [-0.4, -0.2) is 10.8 Å². The molecule has 0 radical (unpaired) electrons. The molecule has 0 aliphatic rings. The Labute approximate surface area is 94.6 Å². The Kier molecular flexibility index (Phi) is 2.78. The molecule has 0 bridgehead atoms. The van der Waals surface area contributed by atoms with Gasteiger partial charge in [0.1, 0.15) is 22.3 Å². The van der Waals surface area contributed by atoms with Crippen molar-refractivity contribution in [2.45, 2.75) is 6.92 Å². The number of aromatic nitrogens is 1. The molecule has 0 saturated heterocycles. The lowest BCUT2D eigenvalue weighted by atomic mass is 10.2. The Balaban J connectivity index is 2.46. The normalized spacial score (nSPS) is 10.4. The van der Waals surface area contributed by atoms with Crippen LogP contribution in [0, 0.1) is 11.6 Å². The van der Waals surface area contributed by atoms with E-state index in [1.54, 1.807) is 5.38 Å². The Hall–Kier alpha value is -1.62. The van der Waals surface area contributed by atoms with Crippen molar-refractivity contribution in [3.8, 4) is 10.6 Å². The molecule has 0 fully saturated rings. The van der Waals surface area contributed by atoms with Gasteiger partial charge in [-0.2, -0.15) is 0 Å². The molecule has 0 aliphatic carbocycles. The van der Waals surface area contributed by atoms with Crippen molar-refractivity contribution in [3.05, 3.63) is 40.9 Å². The number of benzene rings is 1. The first-order chi connectivity index (χ1) is 7.58. The second-order valence-corrected chi connectivity index (χ2v) is 4.08. The number of nitrogens with zero attached hydrogens (tertiary/aromatic N) is 1. The fourth-order valence-corrected chi connectivity index (χ4v) is 2.11. The summed E-state index contributed by atoms with van der Waals surface area (Å²) in [7, 11) is 0. The largest absolute Gasteiger partial charge is 0.293 e. The zero-order valence-corrected chi connectivity index (χ0v) is 9.15. The van der Waals surface area contributed by atoms with E-state index in [9.17, 15) is 13.6 Å². The smallest absolute Gasteiger partial charge is 0.178 e. The highest BCUT2D eigenvalue weighted by atomic mass is 32.1. The first-order valence-corrected chi connectivity index (χ1v) is 5.38. The van der Waals surface area contributed by atoms with Crippen LogP contribution >= 0.6 is 11.3 Å². The second kappa shape index (κ2) is 4.09. The van der Waals surface area contributed by atoms with Gasteiger partial charge in [0.05, 0.1) is 0 Å². The van der Waals surface area contributed by atoms with E-state index in [1.807, 2.05) is 0 Å². The number of halogens is 2. The maximum Gasteiger partial charge on any atom is 0.178 e. The number of Topliss-reactive ketones (excluding diaryl/α,β-unsaturated/α-hetero) is 1. The highest BCUT2D eigenvalue weighted by molar-refractivity contribution is 7.13. The monoisotopic (exact) mass is 239 g/mol. The molecular formula is C11H7F2NOS. The van der Waals surface area contributed by atoms with Crippen LogP contribution in [-0.2, 0) is 0 Å². The van der Waals surface area contributed by atoms with E-state index >= 15 is 0 Å². The molecule has 0 amide bonds. The van der Waals surface area contributed by atoms with E-state index in [0.29, 0.717) is 10.7 Å². The summed E-state index contributed by atoms with van der Waals surface area (Å²) in [5.41, 5.74) is 0.502. The summed E-state index contributed by atoms with van der Waals surface area (Å²) in [5, 5.41) is 1.93. The minimum absolute atomic E-state index is 0.176. The van der Waals surface area contributed by atoms with E-state index < -0.39 is 11.6 Å². The zero-order chi connectivity index (χ0) is 11.7. The van der Waals surface area contributed by atoms with Crippen molar-refractivity contribution < 1.29 is 13.6 Å². The van der Waals surface area contributed by atoms with E-state index in [4.69, 9.17) is 0 Å². The van der Waals surface area contributed by atoms with Gasteiger partial charge in [-0.25, -0.2) is 13.8 Å². The summed E-state index contributed by atoms with van der Waals surface area (Å²) < 4.78 is 26.1. The molecule has 0 N–H and O–H groups in total. The SMILES string of the molecule is CC(=O)c1csc(-c2ccc(F)cc2F)n1. The van der Waals surface area contributed by atoms with Gasteiger partial charge in [0.15, 0.2) is 5.78 Å². The first kappa shape index (κ1) is 10.9. The van der Waals surface area contributed by atoms with E-state index in [1.165, 1.54) is 13.0 Å². The molecule has 1 aromatic heterocycles. The third kappa shape index (κ3) is 1.99. The molecule has 0 saturated carbocycles. The van der Waals surface area contributed by atoms with Gasteiger partial charge in [-0.15, -0.1) is 11.3 Å². The fourth-order valence-electron chi connectivity index (χ4n) is 1.22. The topological polar surface area (TPSA) is 30.0 Å². The number of rotatable bonds is 2. The highest BCUT2D eigenvalue weighted by Crippen LogP contribution is 2.26. The zero-order valence-electron chi connectivity index (χ0n) is 8.33. The van der Waals surface area contributed by atoms with Crippen molar-refractivity contribution >= 4 is 17.1 Å². The van der Waals surface area contributed by atoms with Gasteiger partial charge in [-0.05, 0) is 12.1 Å². The summed E-state index contributed by atoms with van der Waals surface area (Å²) in [6.07, 6.45) is 0. The third-order valence-electron chi connectivity index (χ3n) is 2.03. The molecule has 0 unspecified atom stereocenters. The minimum atomic E-state index is -0.676. The van der Waals surface area contributed by atoms with Gasteiger partial charge in [0.2, 0.25) is 0 Å². The van der Waals surface area contributed by atoms with Gasteiger partial charge in [-0.1, -0.05) is 0 Å². The molecule has 0 atom stereocenters. The second-order valence-electron chi connectivity index (χ2n) is 3.22. The van der Waals surface area contributed by atoms with Crippen LogP contribution in [0.2, 0.25) is 0 Å². The molecule has 5 heteroatoms. The number of hydrogen-bond donors (Lipinski definition) is 0. The maximum absolute atomic E-state index is 13.4. The lowest BCUT2D eigenvalue weighted by Crippen LogP contribution is -1.92. The van der Waals surface area contributed by atoms with E-state index in [0.717, 1.165) is 23.5 Å². The molecule has 1 aromatic carbocycles. The molecule has 2 rings (SSSR count). The fraction of sp³-hybridized carbons (Fsp3) is 0.0909. The molecule has 2 nitrogen and oxygen atoms in total. The first-order valence-electron chi connectivity index (χ1n) is 4.50. The molecule has 0 spiro atoms. The number of ketones is 1. The molecule has 16 heavy (non-hydrogen) atoms. The molecule has 82 valence electrons. The van der Waals surface area contributed by atoms with Gasteiger partial charge < -0.3 is 0 Å². The lowest BCUT2D eigenvalue weighted by Gasteiger charge is -1.98. The van der Waals surface area contributed by atoms with Crippen molar-refractivity contribution in [1.29, 1.82) is 0 Å². The average Bonchev–Trinajstić information content (AvgIpc) is 2.66. The van der Waals surface area contributed by atoms with Crippen LogP contribution in [0.4, 0.5) is 8.78 Å². The lowest BCUT2D eigenvalue weighted by molar-refractivity contribution is 0.101. The van der Waals surface area contributed by atoms with Crippen LogP contribution in [0.15, 0.2) is 23.6 Å². The number of hydrogen-bond acceptors (Lipinski definition) is 3. The molecule has 2 aromatic rings. The number of carbonyl (C=O) groups excluding carboxylic acids is 1. The van der Waals surface area contributed by atoms with Crippen LogP contribution in [0.3, 0.4) is 0 Å². The van der Waals surface area contributed by atoms with Gasteiger partial charge >= 0.3 is 0 Å². The van der Waals surface area contributed by atoms with Crippen LogP contribution < -0.4 is 0 Å². The van der Waals surface area contributed by atoms with Crippen LogP contribution in [0.25, 0.3) is 10.6 Å². The number of thiazole rings is 1. The van der Waals surface area contributed by atoms with E-state index in [-0.39, 0.29) is 11.3 Å². The summed E-state index contributed by atoms with van der Waals surface area (Å²) in [4.78, 5) is 15.0. The molecule has 0 aliphatic heterocycles. The maximum atomic E-state index is 13.4. The molecular weight excluding hydrogens is 232 g/mol. The summed E-state index contributed by atoms with van der Waals surface area (Å²) >= 11 is 1.16. The molecule has 1 heterocycles. The third-order valence-corrected chi connectivity index (χ3v) is 2.90. The van der Waals surface area contributed by atoms with Gasteiger partial charge in [-0.3, -0.25) is 4.79 Å². The van der Waals surface area contributed by atoms with Crippen molar-refractivity contribution in [1.82, 2.24) is 4.98 Å². The highest BCUT2D eigenvalue weighted by Gasteiger charge is 2.12. The predicted molar refractivity (Wildman–Crippen MR) is 57.5 cm³/mol. The van der Waals surface area contributed by atoms with Crippen molar-refractivity contribution in [2.24, 2.45) is 0 Å². The quantitative estimate of drug-likeness (QED) is 0.753. The van der Waals surface area contributed by atoms with Crippen LogP contribution in [0.1, 0.15) is 17.4 Å². The average molecular weight is 239 g/mol. The van der Waals surface area contributed by atoms with E-state index in [2.05, 4.69) is 4.98 Å². The number of carbonyl (C=O) groups is 1. The standard InChI is InChI=1S/C11H7F2NOS/c1-6(15)10-5-16-11(14-10)8-3-2-7(12)4-9(8)13/h2-5H,1H3. The van der Waals surface area contributed by atoms with Crippen LogP contribution in [0.5, 0.6) is 0 Å². The Bertz CT molecular complexity index is 551. The predicted octanol–water partition coefficient (Wildman–Crippen LogP) is 3.29. The summed E-state index contributed by atoms with van der Waals surface area (Å²) in [5.74, 6) is -1.49. The minimum Gasteiger partial charge on any atom is -0.293 e. The Morgan fingerprint density at radius 2 is 2.12 bits per heavy atom. The van der Waals surface area contributed by atoms with Gasteiger partial charge in [0.25, 0.3) is 0 Å². The van der Waals surface area contributed by atoms with Crippen molar-refractivity contribution in [3.63, 3.8) is 0 Å². The van der Waals surface area contributed by atoms with Crippen molar-refractivity contribution in [2.75, 3.05) is 0 Å². The Morgan fingerprint density at radius 3 is 2.69 bits per heavy atom.